The van der Waals surface area contributed by atoms with Gasteiger partial charge in [0, 0.05) is 36.9 Å². The van der Waals surface area contributed by atoms with Gasteiger partial charge in [-0.25, -0.2) is 4.98 Å². The van der Waals surface area contributed by atoms with E-state index in [2.05, 4.69) is 39.2 Å². The molecule has 28 heavy (non-hydrogen) atoms. The number of nitrogens with one attached hydrogen (secondary N) is 1. The lowest BCUT2D eigenvalue weighted by Crippen LogP contribution is -2.30. The van der Waals surface area contributed by atoms with E-state index in [-0.39, 0.29) is 5.91 Å². The summed E-state index contributed by atoms with van der Waals surface area (Å²) in [4.78, 5) is 26.4. The fraction of sp³-hybridized carbons (Fsp3) is 0.0870. The number of imidazole rings is 1. The number of hydrogen-bond donors (Lipinski definition) is 1. The highest BCUT2D eigenvalue weighted by molar-refractivity contribution is 5.94. The Morgan fingerprint density at radius 2 is 1.61 bits per heavy atom. The van der Waals surface area contributed by atoms with Crippen LogP contribution in [0.1, 0.15) is 21.7 Å². The number of nitrogens with zero attached hydrogens (tertiary/aromatic N) is 3. The lowest BCUT2D eigenvalue weighted by Gasteiger charge is -2.23. The number of amides is 1. The lowest BCUT2D eigenvalue weighted by atomic mass is 9.99. The number of carbonyl (C=O) groups excluding carboxylic acids is 1. The van der Waals surface area contributed by atoms with E-state index in [1.807, 2.05) is 30.3 Å². The summed E-state index contributed by atoms with van der Waals surface area (Å²) in [7, 11) is 0. The molecule has 1 N–H and O–H groups in total. The van der Waals surface area contributed by atoms with Crippen molar-refractivity contribution in [3.05, 3.63) is 108 Å². The van der Waals surface area contributed by atoms with Crippen molar-refractivity contribution in [1.82, 2.24) is 19.9 Å². The van der Waals surface area contributed by atoms with Gasteiger partial charge < -0.3 is 9.88 Å². The summed E-state index contributed by atoms with van der Waals surface area (Å²) in [6.45, 7) is 0.879. The molecule has 0 spiro atoms. The van der Waals surface area contributed by atoms with Gasteiger partial charge in [0.25, 0.3) is 5.91 Å². The summed E-state index contributed by atoms with van der Waals surface area (Å²) in [5.41, 5.74) is 3.95. The zero-order valence-electron chi connectivity index (χ0n) is 15.3. The normalized spacial score (nSPS) is 10.6. The maximum absolute atomic E-state index is 13.2. The second-order valence-corrected chi connectivity index (χ2v) is 6.46. The summed E-state index contributed by atoms with van der Waals surface area (Å²) >= 11 is 0. The molecule has 0 bridgehead atoms. The Morgan fingerprint density at radius 3 is 2.36 bits per heavy atom. The van der Waals surface area contributed by atoms with Gasteiger partial charge in [-0.15, -0.1) is 0 Å². The minimum absolute atomic E-state index is 0.0540. The molecule has 2 aromatic heterocycles. The molecule has 2 heterocycles. The van der Waals surface area contributed by atoms with Crippen molar-refractivity contribution in [1.29, 1.82) is 0 Å². The average molecular weight is 368 g/mol. The zero-order valence-corrected chi connectivity index (χ0v) is 15.3. The standard InChI is InChI=1S/C23H20N4O/c28-23(19-10-12-24-13-11-19)27(17-22-25-14-15-26-22)16-20-8-4-5-9-21(20)18-6-2-1-3-7-18/h1-15H,16-17H2,(H,25,26). The van der Waals surface area contributed by atoms with Gasteiger partial charge >= 0.3 is 0 Å². The molecule has 0 fully saturated rings. The molecule has 0 saturated carbocycles. The predicted octanol–water partition coefficient (Wildman–Crippen LogP) is 4.31. The largest absolute Gasteiger partial charge is 0.347 e. The van der Waals surface area contributed by atoms with Crippen LogP contribution in [0.4, 0.5) is 0 Å². The number of pyridine rings is 1. The molecule has 0 aliphatic heterocycles. The van der Waals surface area contributed by atoms with Gasteiger partial charge in [0.1, 0.15) is 5.82 Å². The molecule has 5 nitrogen and oxygen atoms in total. The van der Waals surface area contributed by atoms with Gasteiger partial charge in [0.15, 0.2) is 0 Å². The van der Waals surface area contributed by atoms with Crippen molar-refractivity contribution in [2.75, 3.05) is 0 Å². The first-order chi connectivity index (χ1) is 13.8. The van der Waals surface area contributed by atoms with E-state index in [1.165, 1.54) is 0 Å². The van der Waals surface area contributed by atoms with Crippen LogP contribution in [-0.4, -0.2) is 25.8 Å². The predicted molar refractivity (Wildman–Crippen MR) is 108 cm³/mol. The molecule has 0 atom stereocenters. The molecule has 0 aliphatic carbocycles. The van der Waals surface area contributed by atoms with Crippen molar-refractivity contribution < 1.29 is 4.79 Å². The Hall–Kier alpha value is -3.73. The maximum atomic E-state index is 13.2. The fourth-order valence-electron chi connectivity index (χ4n) is 3.20. The average Bonchev–Trinajstić information content (AvgIpc) is 3.27. The first-order valence-corrected chi connectivity index (χ1v) is 9.12. The van der Waals surface area contributed by atoms with Crippen molar-refractivity contribution in [2.24, 2.45) is 0 Å². The van der Waals surface area contributed by atoms with Crippen LogP contribution in [0.15, 0.2) is 91.5 Å². The van der Waals surface area contributed by atoms with E-state index in [0.717, 1.165) is 22.5 Å². The molecule has 0 saturated heterocycles. The van der Waals surface area contributed by atoms with Gasteiger partial charge in [-0.2, -0.15) is 0 Å². The van der Waals surface area contributed by atoms with Gasteiger partial charge in [-0.3, -0.25) is 9.78 Å². The highest BCUT2D eigenvalue weighted by Crippen LogP contribution is 2.25. The summed E-state index contributed by atoms with van der Waals surface area (Å²) < 4.78 is 0. The van der Waals surface area contributed by atoms with Crippen LogP contribution in [0, 0.1) is 0 Å². The quantitative estimate of drug-likeness (QED) is 0.551. The SMILES string of the molecule is O=C(c1ccncc1)N(Cc1ncc[nH]1)Cc1ccccc1-c1ccccc1. The van der Waals surface area contributed by atoms with Crippen molar-refractivity contribution in [2.45, 2.75) is 13.1 Å². The fourth-order valence-corrected chi connectivity index (χ4v) is 3.20. The van der Waals surface area contributed by atoms with Crippen LogP contribution in [0.3, 0.4) is 0 Å². The highest BCUT2D eigenvalue weighted by atomic mass is 16.2. The van der Waals surface area contributed by atoms with Crippen molar-refractivity contribution >= 4 is 5.91 Å². The van der Waals surface area contributed by atoms with Crippen LogP contribution >= 0.6 is 0 Å². The van der Waals surface area contributed by atoms with Crippen molar-refractivity contribution in [3.63, 3.8) is 0 Å². The molecule has 0 unspecified atom stereocenters. The van der Waals surface area contributed by atoms with E-state index in [1.54, 1.807) is 41.8 Å². The van der Waals surface area contributed by atoms with Crippen LogP contribution in [0.2, 0.25) is 0 Å². The lowest BCUT2D eigenvalue weighted by molar-refractivity contribution is 0.0726. The minimum Gasteiger partial charge on any atom is -0.347 e. The van der Waals surface area contributed by atoms with Gasteiger partial charge in [0.2, 0.25) is 0 Å². The number of aromatic nitrogens is 3. The number of benzene rings is 2. The number of aromatic amines is 1. The van der Waals surface area contributed by atoms with Crippen LogP contribution in [0.25, 0.3) is 11.1 Å². The zero-order chi connectivity index (χ0) is 19.2. The molecule has 0 radical (unpaired) electrons. The monoisotopic (exact) mass is 368 g/mol. The molecule has 1 amide bonds. The Labute approximate surface area is 163 Å². The topological polar surface area (TPSA) is 61.9 Å². The van der Waals surface area contributed by atoms with Crippen molar-refractivity contribution in [3.8, 4) is 11.1 Å². The molecule has 2 aromatic carbocycles. The highest BCUT2D eigenvalue weighted by Gasteiger charge is 2.19. The summed E-state index contributed by atoms with van der Waals surface area (Å²) in [6.07, 6.45) is 6.73. The molecule has 138 valence electrons. The van der Waals surface area contributed by atoms with E-state index in [9.17, 15) is 4.79 Å². The number of carbonyl (C=O) groups is 1. The van der Waals surface area contributed by atoms with Gasteiger partial charge in [-0.05, 0) is 28.8 Å². The molecule has 5 heteroatoms. The van der Waals surface area contributed by atoms with E-state index in [0.29, 0.717) is 18.7 Å². The van der Waals surface area contributed by atoms with E-state index >= 15 is 0 Å². The summed E-state index contributed by atoms with van der Waals surface area (Å²) in [5.74, 6) is 0.696. The maximum Gasteiger partial charge on any atom is 0.254 e. The molecular formula is C23H20N4O. The van der Waals surface area contributed by atoms with E-state index < -0.39 is 0 Å². The van der Waals surface area contributed by atoms with Gasteiger partial charge in [0.05, 0.1) is 6.54 Å². The first-order valence-electron chi connectivity index (χ1n) is 9.12. The van der Waals surface area contributed by atoms with Gasteiger partial charge in [-0.1, -0.05) is 54.6 Å². The Morgan fingerprint density at radius 1 is 0.857 bits per heavy atom. The number of hydrogen-bond acceptors (Lipinski definition) is 3. The second-order valence-electron chi connectivity index (χ2n) is 6.46. The minimum atomic E-state index is -0.0540. The van der Waals surface area contributed by atoms with Crippen LogP contribution in [-0.2, 0) is 13.1 Å². The molecule has 4 aromatic rings. The van der Waals surface area contributed by atoms with Crippen LogP contribution in [0.5, 0.6) is 0 Å². The number of rotatable bonds is 6. The van der Waals surface area contributed by atoms with Crippen LogP contribution < -0.4 is 0 Å². The third-order valence-electron chi connectivity index (χ3n) is 4.57. The molecule has 0 aliphatic rings. The first kappa shape index (κ1) is 17.7. The Bertz CT molecular complexity index is 1030. The molecular weight excluding hydrogens is 348 g/mol. The number of H-pyrrole nitrogens is 1. The van der Waals surface area contributed by atoms with E-state index in [4.69, 9.17) is 0 Å². The third-order valence-corrected chi connectivity index (χ3v) is 4.57. The molecule has 4 rings (SSSR count). The smallest absolute Gasteiger partial charge is 0.254 e. The third kappa shape index (κ3) is 3.99. The summed E-state index contributed by atoms with van der Waals surface area (Å²) in [6, 6.07) is 21.9. The summed E-state index contributed by atoms with van der Waals surface area (Å²) in [5, 5.41) is 0. The Kier molecular flexibility index (Phi) is 5.24. The second kappa shape index (κ2) is 8.31. The Balaban J connectivity index is 1.68.